The Morgan fingerprint density at radius 2 is 1.86 bits per heavy atom. The van der Waals surface area contributed by atoms with Gasteiger partial charge in [-0.25, -0.2) is 0 Å². The minimum absolute atomic E-state index is 0.159. The minimum Gasteiger partial charge on any atom is -0.400 e. The van der Waals surface area contributed by atoms with E-state index >= 15 is 0 Å². The van der Waals surface area contributed by atoms with Gasteiger partial charge in [-0.15, -0.1) is 0 Å². The van der Waals surface area contributed by atoms with Crippen molar-refractivity contribution >= 4 is 19.1 Å². The van der Waals surface area contributed by atoms with Crippen molar-refractivity contribution in [3.8, 4) is 0 Å². The molecule has 0 aromatic carbocycles. The lowest BCUT2D eigenvalue weighted by Crippen LogP contribution is -2.41. The summed E-state index contributed by atoms with van der Waals surface area (Å²) in [4.78, 5) is 15.6. The number of carbonyl (C=O) groups excluding carboxylic acids is 1. The van der Waals surface area contributed by atoms with Crippen molar-refractivity contribution in [3.05, 3.63) is 35.6 Å². The molecule has 0 atom stereocenters. The molecule has 21 heavy (non-hydrogen) atoms. The van der Waals surface area contributed by atoms with Gasteiger partial charge in [-0.2, -0.15) is 0 Å². The maximum absolute atomic E-state index is 11.6. The van der Waals surface area contributed by atoms with Gasteiger partial charge in [0.05, 0.1) is 16.8 Å². The second kappa shape index (κ2) is 5.62. The van der Waals surface area contributed by atoms with Crippen LogP contribution in [0.5, 0.6) is 0 Å². The Morgan fingerprint density at radius 3 is 2.43 bits per heavy atom. The largest absolute Gasteiger partial charge is 0.487 e. The lowest BCUT2D eigenvalue weighted by Gasteiger charge is -2.32. The molecule has 112 valence electrons. The topological polar surface area (TPSA) is 60.5 Å². The number of aromatic nitrogens is 1. The fourth-order valence-corrected chi connectivity index (χ4v) is 1.97. The van der Waals surface area contributed by atoms with Crippen LogP contribution in [-0.4, -0.2) is 36.3 Å². The van der Waals surface area contributed by atoms with Crippen LogP contribution in [0.3, 0.4) is 0 Å². The highest BCUT2D eigenvalue weighted by molar-refractivity contribution is 6.52. The highest BCUT2D eigenvalue weighted by atomic mass is 16.7. The molecule has 1 amide bonds. The van der Waals surface area contributed by atoms with Crippen LogP contribution in [-0.2, 0) is 9.31 Å². The molecule has 0 aliphatic carbocycles. The van der Waals surface area contributed by atoms with Gasteiger partial charge in [0.15, 0.2) is 0 Å². The number of hydrogen-bond donors (Lipinski definition) is 1. The third kappa shape index (κ3) is 3.33. The highest BCUT2D eigenvalue weighted by Crippen LogP contribution is 2.36. The van der Waals surface area contributed by atoms with Crippen LogP contribution in [0.15, 0.2) is 24.4 Å². The molecule has 5 nitrogen and oxygen atoms in total. The van der Waals surface area contributed by atoms with E-state index < -0.39 is 7.12 Å². The molecule has 1 aromatic rings. The van der Waals surface area contributed by atoms with E-state index in [0.717, 1.165) is 5.56 Å². The summed E-state index contributed by atoms with van der Waals surface area (Å²) in [6, 6.07) is 1.77. The van der Waals surface area contributed by atoms with E-state index in [9.17, 15) is 4.79 Å². The van der Waals surface area contributed by atoms with Crippen molar-refractivity contribution in [1.82, 2.24) is 10.3 Å². The van der Waals surface area contributed by atoms with Crippen LogP contribution >= 0.6 is 0 Å². The molecule has 1 saturated heterocycles. The Balaban J connectivity index is 2.11. The Hall–Kier alpha value is -1.66. The lowest BCUT2D eigenvalue weighted by atomic mass is 9.89. The van der Waals surface area contributed by atoms with Gasteiger partial charge in [0, 0.05) is 19.4 Å². The zero-order valence-electron chi connectivity index (χ0n) is 13.1. The fraction of sp³-hybridized carbons (Fsp3) is 0.467. The second-order valence-electron chi connectivity index (χ2n) is 6.07. The first-order valence-electron chi connectivity index (χ1n) is 6.96. The number of nitrogens with zero attached hydrogens (tertiary/aromatic N) is 1. The molecule has 2 heterocycles. The SMILES string of the molecule is CNC(=O)c1cncc(/C=C/B2OC(C)(C)C(C)(C)O2)c1. The number of amides is 1. The molecular weight excluding hydrogens is 267 g/mol. The van der Waals surface area contributed by atoms with Crippen molar-refractivity contribution in [2.45, 2.75) is 38.9 Å². The Bertz CT molecular complexity index is 554. The van der Waals surface area contributed by atoms with Gasteiger partial charge in [0.2, 0.25) is 0 Å². The summed E-state index contributed by atoms with van der Waals surface area (Å²) in [7, 11) is 1.19. The van der Waals surface area contributed by atoms with E-state index in [1.807, 2.05) is 39.7 Å². The van der Waals surface area contributed by atoms with Crippen molar-refractivity contribution in [3.63, 3.8) is 0 Å². The predicted octanol–water partition coefficient (Wildman–Crippen LogP) is 2.09. The summed E-state index contributed by atoms with van der Waals surface area (Å²) in [6.07, 6.45) is 5.07. The van der Waals surface area contributed by atoms with Crippen LogP contribution in [0.2, 0.25) is 0 Å². The van der Waals surface area contributed by atoms with Gasteiger partial charge in [0.1, 0.15) is 0 Å². The zero-order valence-corrected chi connectivity index (χ0v) is 13.1. The number of rotatable bonds is 3. The normalized spacial score (nSPS) is 20.0. The molecule has 1 fully saturated rings. The van der Waals surface area contributed by atoms with E-state index in [2.05, 4.69) is 10.3 Å². The summed E-state index contributed by atoms with van der Waals surface area (Å²) in [5.41, 5.74) is 0.633. The van der Waals surface area contributed by atoms with Crippen LogP contribution in [0.4, 0.5) is 0 Å². The van der Waals surface area contributed by atoms with E-state index in [1.165, 1.54) is 6.20 Å². The maximum atomic E-state index is 11.6. The second-order valence-corrected chi connectivity index (χ2v) is 6.07. The summed E-state index contributed by atoms with van der Waals surface area (Å²) < 4.78 is 11.8. The summed E-state index contributed by atoms with van der Waals surface area (Å²) in [6.45, 7) is 8.03. The third-order valence-electron chi connectivity index (χ3n) is 3.97. The maximum Gasteiger partial charge on any atom is 0.487 e. The van der Waals surface area contributed by atoms with Crippen LogP contribution in [0.25, 0.3) is 6.08 Å². The first kappa shape index (κ1) is 15.7. The Labute approximate surface area is 125 Å². The Kier molecular flexibility index (Phi) is 4.21. The van der Waals surface area contributed by atoms with Crippen molar-refractivity contribution in [2.24, 2.45) is 0 Å². The lowest BCUT2D eigenvalue weighted by molar-refractivity contribution is 0.00578. The molecular formula is C15H21BN2O3. The molecule has 6 heteroatoms. The standard InChI is InChI=1S/C15H21BN2O3/c1-14(2)15(3,4)21-16(20-14)7-6-11-8-12(10-18-9-11)13(19)17-5/h6-10H,1-5H3,(H,17,19)/b7-6+. The smallest absolute Gasteiger partial charge is 0.400 e. The first-order chi connectivity index (χ1) is 9.75. The highest BCUT2D eigenvalue weighted by Gasteiger charge is 2.49. The van der Waals surface area contributed by atoms with Gasteiger partial charge in [-0.1, -0.05) is 12.1 Å². The fourth-order valence-electron chi connectivity index (χ4n) is 1.97. The average Bonchev–Trinajstić information content (AvgIpc) is 2.64. The van der Waals surface area contributed by atoms with E-state index in [0.29, 0.717) is 5.56 Å². The van der Waals surface area contributed by atoms with Gasteiger partial charge in [-0.3, -0.25) is 9.78 Å². The molecule has 1 aliphatic rings. The van der Waals surface area contributed by atoms with Gasteiger partial charge < -0.3 is 14.6 Å². The number of pyridine rings is 1. The van der Waals surface area contributed by atoms with E-state index in [4.69, 9.17) is 9.31 Å². The first-order valence-corrected chi connectivity index (χ1v) is 6.96. The molecule has 0 spiro atoms. The summed E-state index contributed by atoms with van der Waals surface area (Å²) in [5, 5.41) is 2.57. The third-order valence-corrected chi connectivity index (χ3v) is 3.97. The van der Waals surface area contributed by atoms with Crippen LogP contribution in [0, 0.1) is 0 Å². The molecule has 0 radical (unpaired) electrons. The van der Waals surface area contributed by atoms with Crippen molar-refractivity contribution < 1.29 is 14.1 Å². The van der Waals surface area contributed by atoms with Crippen molar-refractivity contribution in [2.75, 3.05) is 7.05 Å². The van der Waals surface area contributed by atoms with Gasteiger partial charge in [0.25, 0.3) is 5.91 Å². The quantitative estimate of drug-likeness (QED) is 0.865. The zero-order chi connectivity index (χ0) is 15.7. The van der Waals surface area contributed by atoms with Gasteiger partial charge in [-0.05, 0) is 39.3 Å². The van der Waals surface area contributed by atoms with E-state index in [1.54, 1.807) is 19.3 Å². The molecule has 0 saturated carbocycles. The molecule has 2 rings (SSSR count). The average molecular weight is 288 g/mol. The minimum atomic E-state index is -0.404. The molecule has 0 bridgehead atoms. The van der Waals surface area contributed by atoms with E-state index in [-0.39, 0.29) is 17.1 Å². The summed E-state index contributed by atoms with van der Waals surface area (Å²) in [5.74, 6) is 1.68. The van der Waals surface area contributed by atoms with Crippen molar-refractivity contribution in [1.29, 1.82) is 0 Å². The van der Waals surface area contributed by atoms with Crippen LogP contribution in [0.1, 0.15) is 43.6 Å². The number of carbonyl (C=O) groups is 1. The monoisotopic (exact) mass is 288 g/mol. The molecule has 0 unspecified atom stereocenters. The van der Waals surface area contributed by atoms with Crippen LogP contribution < -0.4 is 5.32 Å². The number of nitrogens with one attached hydrogen (secondary N) is 1. The van der Waals surface area contributed by atoms with Gasteiger partial charge >= 0.3 is 7.12 Å². The molecule has 1 aromatic heterocycles. The number of hydrogen-bond acceptors (Lipinski definition) is 4. The molecule has 1 aliphatic heterocycles. The molecule has 1 N–H and O–H groups in total. The Morgan fingerprint density at radius 1 is 1.24 bits per heavy atom. The summed E-state index contributed by atoms with van der Waals surface area (Å²) >= 11 is 0. The predicted molar refractivity (Wildman–Crippen MR) is 82.7 cm³/mol.